The Bertz CT molecular complexity index is 2720. The number of ether oxygens (including phenoxy) is 1. The highest BCUT2D eigenvalue weighted by molar-refractivity contribution is 6.00. The largest absolute Gasteiger partial charge is 0.457 e. The van der Waals surface area contributed by atoms with Crippen LogP contribution in [-0.4, -0.2) is 102 Å². The first-order valence-corrected chi connectivity index (χ1v) is 21.5. The van der Waals surface area contributed by atoms with Crippen molar-refractivity contribution in [1.82, 2.24) is 43.4 Å². The number of fused-ring (bicyclic) bond motifs is 2. The van der Waals surface area contributed by atoms with Gasteiger partial charge in [-0.3, -0.25) is 38.1 Å². The minimum absolute atomic E-state index is 0.0144. The number of carbonyl (C=O) groups excluding carboxylic acids is 2. The summed E-state index contributed by atoms with van der Waals surface area (Å²) < 4.78 is 12.6. The lowest BCUT2D eigenvalue weighted by molar-refractivity contribution is -0.135. The number of aromatic nitrogens is 6. The molecule has 1 unspecified atom stereocenters. The third-order valence-electron chi connectivity index (χ3n) is 13.5. The zero-order chi connectivity index (χ0) is 41.8. The van der Waals surface area contributed by atoms with Crippen LogP contribution in [0.4, 0.5) is 11.5 Å². The van der Waals surface area contributed by atoms with E-state index >= 15 is 0 Å². The second-order valence-corrected chi connectivity index (χ2v) is 17.1. The van der Waals surface area contributed by atoms with Crippen LogP contribution in [0.2, 0.25) is 0 Å². The molecule has 3 aromatic carbocycles. The molecule has 6 aromatic rings. The minimum Gasteiger partial charge on any atom is -0.457 e. The fourth-order valence-corrected chi connectivity index (χ4v) is 9.97. The number of rotatable bonds is 10. The Balaban J connectivity index is 0.712. The number of anilines is 2. The number of amides is 2. The van der Waals surface area contributed by atoms with Crippen LogP contribution in [-0.2, 0) is 16.6 Å². The number of nitrogen functional groups attached to an aromatic ring is 1. The number of hydrogen-bond acceptors (Lipinski definition) is 11. The van der Waals surface area contributed by atoms with Gasteiger partial charge in [-0.1, -0.05) is 18.2 Å². The summed E-state index contributed by atoms with van der Waals surface area (Å²) in [5.74, 6) is 1.67. The fourth-order valence-electron chi connectivity index (χ4n) is 9.97. The van der Waals surface area contributed by atoms with Crippen molar-refractivity contribution in [2.24, 2.45) is 13.0 Å². The predicted octanol–water partition coefficient (Wildman–Crippen LogP) is 4.22. The highest BCUT2D eigenvalue weighted by atomic mass is 16.5. The maximum Gasteiger partial charge on any atom is 0.335 e. The van der Waals surface area contributed by atoms with E-state index in [4.69, 9.17) is 10.5 Å². The van der Waals surface area contributed by atoms with Gasteiger partial charge >= 0.3 is 11.4 Å². The maximum absolute atomic E-state index is 14.2. The molecule has 61 heavy (non-hydrogen) atoms. The highest BCUT2D eigenvalue weighted by Crippen LogP contribution is 2.33. The Morgan fingerprint density at radius 2 is 1.48 bits per heavy atom. The van der Waals surface area contributed by atoms with E-state index in [1.54, 1.807) is 16.2 Å². The molecule has 3 aromatic heterocycles. The Kier molecular flexibility index (Phi) is 10.2. The van der Waals surface area contributed by atoms with Crippen LogP contribution >= 0.6 is 0 Å². The van der Waals surface area contributed by atoms with Crippen molar-refractivity contribution >= 4 is 45.5 Å². The highest BCUT2D eigenvalue weighted by Gasteiger charge is 2.36. The fraction of sp³-hybridized carbons (Fsp3) is 0.422. The molecule has 316 valence electrons. The summed E-state index contributed by atoms with van der Waals surface area (Å²) in [5.41, 5.74) is 10.3. The number of likely N-dealkylation sites (tertiary alicyclic amines) is 2. The van der Waals surface area contributed by atoms with Crippen molar-refractivity contribution in [3.05, 3.63) is 100 Å². The summed E-state index contributed by atoms with van der Waals surface area (Å²) in [6.45, 7) is 7.02. The number of hydrogen-bond donors (Lipinski definition) is 2. The van der Waals surface area contributed by atoms with Crippen LogP contribution in [0.3, 0.4) is 0 Å². The van der Waals surface area contributed by atoms with Crippen LogP contribution < -0.4 is 32.1 Å². The first kappa shape index (κ1) is 38.9. The molecule has 10 rings (SSSR count). The summed E-state index contributed by atoms with van der Waals surface area (Å²) in [6, 6.07) is 22.9. The Morgan fingerprint density at radius 3 is 2.21 bits per heavy atom. The molecule has 4 saturated heterocycles. The van der Waals surface area contributed by atoms with Crippen LogP contribution in [0.5, 0.6) is 11.5 Å². The molecule has 16 heteroatoms. The van der Waals surface area contributed by atoms with E-state index in [1.807, 2.05) is 77.4 Å². The third-order valence-corrected chi connectivity index (χ3v) is 13.5. The molecule has 16 nitrogen and oxygen atoms in total. The van der Waals surface area contributed by atoms with Crippen LogP contribution in [0.1, 0.15) is 57.0 Å². The van der Waals surface area contributed by atoms with Crippen LogP contribution in [0, 0.1) is 5.92 Å². The molecule has 0 radical (unpaired) electrons. The van der Waals surface area contributed by atoms with Gasteiger partial charge in [0.05, 0.1) is 16.7 Å². The van der Waals surface area contributed by atoms with Crippen molar-refractivity contribution in [2.45, 2.75) is 63.1 Å². The molecule has 0 saturated carbocycles. The zero-order valence-corrected chi connectivity index (χ0v) is 34.4. The van der Waals surface area contributed by atoms with E-state index in [2.05, 4.69) is 30.0 Å². The van der Waals surface area contributed by atoms with Gasteiger partial charge in [0.15, 0.2) is 11.5 Å². The number of piperidine rings is 3. The van der Waals surface area contributed by atoms with Gasteiger partial charge in [0, 0.05) is 57.4 Å². The standard InChI is InChI=1S/C45H51N11O5/c1-50-38-25-32(9-12-36(38)56(44(50)59)37-13-14-39(57)49-43(37)58)53-26-33(27-53)52-23-16-29(17-24-52)15-20-51-21-18-31(19-22-51)55-42-40(41(46)47-28-48-42)54(45(55)60)30-7-10-35(11-8-30)61-34-5-3-2-4-6-34/h2-12,25,28-29,31,33,37H,13-24,26-27H2,1H3,(H2,46,47,48)(H,49,57,58). The van der Waals surface area contributed by atoms with Gasteiger partial charge in [-0.25, -0.2) is 19.6 Å². The van der Waals surface area contributed by atoms with Crippen molar-refractivity contribution < 1.29 is 14.3 Å². The number of nitrogens with one attached hydrogen (secondary N) is 1. The van der Waals surface area contributed by atoms with Gasteiger partial charge in [0.2, 0.25) is 11.8 Å². The summed E-state index contributed by atoms with van der Waals surface area (Å²) in [4.78, 5) is 68.1. The molecule has 4 aliphatic rings. The van der Waals surface area contributed by atoms with Gasteiger partial charge < -0.3 is 20.3 Å². The van der Waals surface area contributed by atoms with Crippen molar-refractivity contribution in [2.75, 3.05) is 56.4 Å². The van der Waals surface area contributed by atoms with Gasteiger partial charge in [-0.15, -0.1) is 0 Å². The van der Waals surface area contributed by atoms with Gasteiger partial charge in [0.1, 0.15) is 29.4 Å². The number of imide groups is 1. The lowest BCUT2D eigenvalue weighted by atomic mass is 9.91. The minimum atomic E-state index is -0.685. The van der Waals surface area contributed by atoms with Crippen molar-refractivity contribution in [1.29, 1.82) is 0 Å². The summed E-state index contributed by atoms with van der Waals surface area (Å²) in [6.07, 6.45) is 7.28. The van der Waals surface area contributed by atoms with E-state index in [1.165, 1.54) is 30.2 Å². The Labute approximate surface area is 352 Å². The second-order valence-electron chi connectivity index (χ2n) is 17.1. The molecular formula is C45H51N11O5. The second kappa shape index (κ2) is 16.0. The first-order chi connectivity index (χ1) is 29.7. The Morgan fingerprint density at radius 1 is 0.754 bits per heavy atom. The van der Waals surface area contributed by atoms with E-state index in [-0.39, 0.29) is 35.6 Å². The number of nitrogens with two attached hydrogens (primary N) is 1. The monoisotopic (exact) mass is 825 g/mol. The van der Waals surface area contributed by atoms with E-state index < -0.39 is 11.9 Å². The van der Waals surface area contributed by atoms with Gasteiger partial charge in [-0.05, 0) is 119 Å². The maximum atomic E-state index is 14.2. The summed E-state index contributed by atoms with van der Waals surface area (Å²) in [5, 5.41) is 2.38. The van der Waals surface area contributed by atoms with Crippen molar-refractivity contribution in [3.63, 3.8) is 0 Å². The van der Waals surface area contributed by atoms with Crippen LogP contribution in [0.15, 0.2) is 88.7 Å². The smallest absolute Gasteiger partial charge is 0.335 e. The van der Waals surface area contributed by atoms with Crippen molar-refractivity contribution in [3.8, 4) is 17.2 Å². The molecule has 0 bridgehead atoms. The number of carbonyl (C=O) groups is 2. The molecule has 0 aliphatic carbocycles. The number of imidazole rings is 2. The lowest BCUT2D eigenvalue weighted by Gasteiger charge is -2.49. The number of benzene rings is 3. The molecule has 2 amide bonds. The SMILES string of the molecule is Cn1c(=O)n(C2CCC(=O)NC2=O)c2ccc(N3CC(N4CCC(CCN5CCC(n6c(=O)n(-c7ccc(Oc8ccccc8)cc7)c7c(N)ncnc76)CC5)CC4)C3)cc21. The van der Waals surface area contributed by atoms with Gasteiger partial charge in [-0.2, -0.15) is 0 Å². The van der Waals surface area contributed by atoms with E-state index in [9.17, 15) is 19.2 Å². The summed E-state index contributed by atoms with van der Waals surface area (Å²) >= 11 is 0. The molecule has 4 aliphatic heterocycles. The first-order valence-electron chi connectivity index (χ1n) is 21.5. The average molecular weight is 826 g/mol. The van der Waals surface area contributed by atoms with E-state index in [0.717, 1.165) is 75.6 Å². The molecular weight excluding hydrogens is 775 g/mol. The normalized spacial score (nSPS) is 20.1. The third kappa shape index (κ3) is 7.26. The number of aryl methyl sites for hydroxylation is 1. The van der Waals surface area contributed by atoms with Crippen LogP contribution in [0.25, 0.3) is 27.9 Å². The number of para-hydroxylation sites is 1. The lowest BCUT2D eigenvalue weighted by Crippen LogP contribution is -2.61. The summed E-state index contributed by atoms with van der Waals surface area (Å²) in [7, 11) is 1.74. The van der Waals surface area contributed by atoms with E-state index in [0.29, 0.717) is 46.5 Å². The molecule has 4 fully saturated rings. The molecule has 0 spiro atoms. The molecule has 1 atom stereocenters. The zero-order valence-electron chi connectivity index (χ0n) is 34.4. The van der Waals surface area contributed by atoms with Gasteiger partial charge in [0.25, 0.3) is 0 Å². The number of nitrogens with zero attached hydrogens (tertiary/aromatic N) is 9. The quantitative estimate of drug-likeness (QED) is 0.190. The predicted molar refractivity (Wildman–Crippen MR) is 232 cm³/mol. The molecule has 7 heterocycles. The average Bonchev–Trinajstić information content (AvgIpc) is 3.69. The molecule has 3 N–H and O–H groups in total. The Hall–Kier alpha value is -6.26. The topological polar surface area (TPSA) is 171 Å².